The summed E-state index contributed by atoms with van der Waals surface area (Å²) in [5.41, 5.74) is 9.07. The molecule has 0 spiro atoms. The van der Waals surface area contributed by atoms with Crippen molar-refractivity contribution in [1.29, 1.82) is 0 Å². The summed E-state index contributed by atoms with van der Waals surface area (Å²) in [6.45, 7) is 0. The molecule has 4 nitrogen and oxygen atoms in total. The molecule has 2 heterocycles. The Labute approximate surface area is 62.5 Å². The van der Waals surface area contributed by atoms with Crippen LogP contribution in [-0.4, -0.2) is 4.98 Å². The van der Waals surface area contributed by atoms with Crippen LogP contribution in [0.15, 0.2) is 12.3 Å². The van der Waals surface area contributed by atoms with Crippen molar-refractivity contribution in [3.8, 4) is 0 Å². The molecule has 0 amide bonds. The van der Waals surface area contributed by atoms with Crippen molar-refractivity contribution < 1.29 is 0 Å². The summed E-state index contributed by atoms with van der Waals surface area (Å²) < 4.78 is 0. The normalized spacial score (nSPS) is 13.7. The molecule has 52 valence electrons. The predicted molar refractivity (Wildman–Crippen MR) is 39.6 cm³/mol. The lowest BCUT2D eigenvalue weighted by Gasteiger charge is -1.95. The number of hydrogen-bond donors (Lipinski definition) is 3. The topological polar surface area (TPSA) is 49.0 Å². The van der Waals surface area contributed by atoms with Gasteiger partial charge in [-0.05, 0) is 6.07 Å². The first kappa shape index (κ1) is 5.76. The molecule has 3 N–H and O–H groups in total. The van der Waals surface area contributed by atoms with Crippen LogP contribution in [0, 0.1) is 0 Å². The van der Waals surface area contributed by atoms with Crippen molar-refractivity contribution in [3.63, 3.8) is 0 Å². The number of nitrogens with zero attached hydrogens (tertiary/aromatic N) is 1. The Morgan fingerprint density at radius 3 is 3.10 bits per heavy atom. The molecule has 5 heteroatoms. The molecule has 0 atom stereocenters. The lowest BCUT2D eigenvalue weighted by atomic mass is 10.4. The van der Waals surface area contributed by atoms with Crippen LogP contribution < -0.4 is 16.4 Å². The summed E-state index contributed by atoms with van der Waals surface area (Å²) in [6, 6.07) is 1.72. The summed E-state index contributed by atoms with van der Waals surface area (Å²) in [5, 5.41) is 0.655. The van der Waals surface area contributed by atoms with E-state index >= 15 is 0 Å². The number of nitrogens with one attached hydrogen (secondary N) is 3. The van der Waals surface area contributed by atoms with Crippen molar-refractivity contribution in [2.45, 2.75) is 0 Å². The van der Waals surface area contributed by atoms with Crippen LogP contribution in [0.3, 0.4) is 0 Å². The molecule has 1 aliphatic heterocycles. The number of pyridine rings is 1. The Morgan fingerprint density at radius 2 is 2.30 bits per heavy atom. The Bertz CT molecular complexity index is 262. The fraction of sp³-hybridized carbons (Fsp3) is 0. The van der Waals surface area contributed by atoms with Crippen LogP contribution >= 0.6 is 11.6 Å². The second-order valence-electron chi connectivity index (χ2n) is 1.89. The van der Waals surface area contributed by atoms with Gasteiger partial charge in [-0.25, -0.2) is 4.98 Å². The Hall–Kier alpha value is -1.00. The van der Waals surface area contributed by atoms with Crippen LogP contribution in [0.4, 0.5) is 11.5 Å². The van der Waals surface area contributed by atoms with Crippen molar-refractivity contribution in [2.75, 3.05) is 10.9 Å². The molecular formula is C5H5ClN4. The molecule has 1 aliphatic rings. The summed E-state index contributed by atoms with van der Waals surface area (Å²) in [6.07, 6.45) is 1.64. The van der Waals surface area contributed by atoms with Gasteiger partial charge in [-0.2, -0.15) is 0 Å². The number of hydrazine groups is 2. The Morgan fingerprint density at radius 1 is 1.40 bits per heavy atom. The van der Waals surface area contributed by atoms with Crippen LogP contribution in [0.1, 0.15) is 0 Å². The molecule has 0 unspecified atom stereocenters. The van der Waals surface area contributed by atoms with Gasteiger partial charge in [0.25, 0.3) is 0 Å². The lowest BCUT2D eigenvalue weighted by molar-refractivity contribution is 0.999. The van der Waals surface area contributed by atoms with Crippen LogP contribution in [0.2, 0.25) is 5.02 Å². The molecule has 0 fully saturated rings. The molecule has 10 heavy (non-hydrogen) atoms. The van der Waals surface area contributed by atoms with E-state index in [0.717, 1.165) is 11.5 Å². The fourth-order valence-corrected chi connectivity index (χ4v) is 0.998. The number of rotatable bonds is 0. The second-order valence-corrected chi connectivity index (χ2v) is 2.30. The van der Waals surface area contributed by atoms with E-state index in [0.29, 0.717) is 5.02 Å². The number of hydrogen-bond acceptors (Lipinski definition) is 4. The molecule has 0 aliphatic carbocycles. The van der Waals surface area contributed by atoms with Gasteiger partial charge in [-0.15, -0.1) is 5.53 Å². The van der Waals surface area contributed by atoms with E-state index in [9.17, 15) is 0 Å². The van der Waals surface area contributed by atoms with Crippen LogP contribution in [0.25, 0.3) is 0 Å². The highest BCUT2D eigenvalue weighted by molar-refractivity contribution is 6.33. The predicted octanol–water partition coefficient (Wildman–Crippen LogP) is 0.992. The third kappa shape index (κ3) is 0.698. The van der Waals surface area contributed by atoms with Gasteiger partial charge >= 0.3 is 0 Å². The first-order valence-electron chi connectivity index (χ1n) is 2.79. The van der Waals surface area contributed by atoms with E-state index in [-0.39, 0.29) is 0 Å². The summed E-state index contributed by atoms with van der Waals surface area (Å²) in [5.74, 6) is 0.729. The monoisotopic (exact) mass is 156 g/mol. The minimum atomic E-state index is 0.655. The number of fused-ring (bicyclic) bond motifs is 1. The maximum Gasteiger partial charge on any atom is 0.168 e. The zero-order valence-corrected chi connectivity index (χ0v) is 5.74. The van der Waals surface area contributed by atoms with Crippen LogP contribution in [0.5, 0.6) is 0 Å². The molecule has 0 aromatic carbocycles. The molecular weight excluding hydrogens is 152 g/mol. The highest BCUT2D eigenvalue weighted by Crippen LogP contribution is 2.29. The van der Waals surface area contributed by atoms with Crippen molar-refractivity contribution >= 4 is 23.1 Å². The van der Waals surface area contributed by atoms with Crippen molar-refractivity contribution in [1.82, 2.24) is 10.5 Å². The quantitative estimate of drug-likeness (QED) is 0.525. The Balaban J connectivity index is 2.59. The average Bonchev–Trinajstić information content (AvgIpc) is 2.36. The highest BCUT2D eigenvalue weighted by Gasteiger charge is 2.11. The molecule has 2 rings (SSSR count). The zero-order valence-electron chi connectivity index (χ0n) is 4.98. The maximum absolute atomic E-state index is 5.79. The number of aromatic nitrogens is 1. The molecule has 1 aromatic rings. The highest BCUT2D eigenvalue weighted by atomic mass is 35.5. The van der Waals surface area contributed by atoms with Gasteiger partial charge < -0.3 is 0 Å². The summed E-state index contributed by atoms with van der Waals surface area (Å²) >= 11 is 5.79. The smallest absolute Gasteiger partial charge is 0.168 e. The number of halogens is 1. The van der Waals surface area contributed by atoms with E-state index in [1.165, 1.54) is 0 Å². The van der Waals surface area contributed by atoms with E-state index in [1.54, 1.807) is 12.3 Å². The fourth-order valence-electron chi connectivity index (χ4n) is 0.805. The first-order chi connectivity index (χ1) is 4.88. The van der Waals surface area contributed by atoms with Gasteiger partial charge in [0.1, 0.15) is 5.69 Å². The molecule has 1 aromatic heterocycles. The minimum absolute atomic E-state index is 0.655. The summed E-state index contributed by atoms with van der Waals surface area (Å²) in [7, 11) is 0. The average molecular weight is 157 g/mol. The van der Waals surface area contributed by atoms with E-state index in [4.69, 9.17) is 11.6 Å². The van der Waals surface area contributed by atoms with E-state index in [2.05, 4.69) is 21.4 Å². The SMILES string of the molecule is Clc1ccnc2c1NNN2. The second kappa shape index (κ2) is 2.00. The zero-order chi connectivity index (χ0) is 6.97. The van der Waals surface area contributed by atoms with E-state index < -0.39 is 0 Å². The van der Waals surface area contributed by atoms with Gasteiger partial charge in [0.2, 0.25) is 0 Å². The van der Waals surface area contributed by atoms with Crippen molar-refractivity contribution in [3.05, 3.63) is 17.3 Å². The van der Waals surface area contributed by atoms with Gasteiger partial charge in [0.05, 0.1) is 5.02 Å². The van der Waals surface area contributed by atoms with Gasteiger partial charge in [-0.3, -0.25) is 10.9 Å². The van der Waals surface area contributed by atoms with Crippen molar-refractivity contribution in [2.24, 2.45) is 0 Å². The molecule has 0 bridgehead atoms. The maximum atomic E-state index is 5.79. The lowest BCUT2D eigenvalue weighted by Crippen LogP contribution is -2.19. The van der Waals surface area contributed by atoms with Gasteiger partial charge in [-0.1, -0.05) is 11.6 Å². The first-order valence-corrected chi connectivity index (χ1v) is 3.17. The third-order valence-corrected chi connectivity index (χ3v) is 1.58. The number of anilines is 2. The van der Waals surface area contributed by atoms with Gasteiger partial charge in [0.15, 0.2) is 5.82 Å². The molecule has 0 saturated heterocycles. The molecule has 0 saturated carbocycles. The Kier molecular flexibility index (Phi) is 1.15. The standard InChI is InChI=1S/C5H5ClN4/c6-3-1-2-7-5-4(3)8-10-9-5/h1-2,8,10H,(H,7,9). The molecule has 0 radical (unpaired) electrons. The minimum Gasteiger partial charge on any atom is -0.299 e. The third-order valence-electron chi connectivity index (χ3n) is 1.27. The summed E-state index contributed by atoms with van der Waals surface area (Å²) in [4.78, 5) is 4.00. The largest absolute Gasteiger partial charge is 0.299 e. The van der Waals surface area contributed by atoms with Crippen LogP contribution in [-0.2, 0) is 0 Å². The van der Waals surface area contributed by atoms with E-state index in [1.807, 2.05) is 0 Å². The van der Waals surface area contributed by atoms with Gasteiger partial charge in [0, 0.05) is 6.20 Å².